The highest BCUT2D eigenvalue weighted by molar-refractivity contribution is 6.10. The number of aromatic nitrogens is 1. The Labute approximate surface area is 242 Å². The number of carbonyl (C=O) groups is 1. The summed E-state index contributed by atoms with van der Waals surface area (Å²) in [5.41, 5.74) is -0.0584. The third-order valence-corrected chi connectivity index (χ3v) is 7.96. The van der Waals surface area contributed by atoms with E-state index in [9.17, 15) is 15.3 Å². The minimum Gasteiger partial charge on any atom is -0.387 e. The number of nitrogens with zero attached hydrogens (tertiary/aromatic N) is 4. The molecule has 2 aliphatic rings. The number of rotatable bonds is 5. The van der Waals surface area contributed by atoms with Crippen LogP contribution in [0.2, 0.25) is 0 Å². The molecule has 1 aromatic heterocycles. The number of hydrogen-bond acceptors (Lipinski definition) is 6. The first-order chi connectivity index (χ1) is 20.0. The Kier molecular flexibility index (Phi) is 7.72. The molecule has 3 atom stereocenters. The van der Waals surface area contributed by atoms with Crippen LogP contribution in [0.5, 0.6) is 0 Å². The maximum atomic E-state index is 16.8. The Morgan fingerprint density at radius 3 is 2.52 bits per heavy atom. The lowest BCUT2D eigenvalue weighted by atomic mass is 9.95. The summed E-state index contributed by atoms with van der Waals surface area (Å²) in [7, 11) is 1.63. The van der Waals surface area contributed by atoms with Gasteiger partial charge in [-0.15, -0.1) is 0 Å². The van der Waals surface area contributed by atoms with E-state index in [4.69, 9.17) is 0 Å². The highest BCUT2D eigenvalue weighted by Gasteiger charge is 2.42. The van der Waals surface area contributed by atoms with Gasteiger partial charge in [-0.05, 0) is 44.5 Å². The van der Waals surface area contributed by atoms with Crippen molar-refractivity contribution >= 4 is 28.8 Å². The molecule has 0 saturated carbocycles. The molecule has 42 heavy (non-hydrogen) atoms. The average Bonchev–Trinajstić information content (AvgIpc) is 3.05. The number of hydrogen-bond donors (Lipinski definition) is 3. The Morgan fingerprint density at radius 1 is 1.14 bits per heavy atom. The highest BCUT2D eigenvalue weighted by atomic mass is 19.1. The molecular weight excluding hydrogens is 545 g/mol. The zero-order valence-electron chi connectivity index (χ0n) is 23.9. The van der Waals surface area contributed by atoms with Crippen molar-refractivity contribution in [2.45, 2.75) is 39.0 Å². The van der Waals surface area contributed by atoms with Crippen molar-refractivity contribution in [3.8, 4) is 11.1 Å². The number of aliphatic hydroxyl groups is 1. The maximum Gasteiger partial charge on any atom is 0.246 e. The minimum atomic E-state index is -1.08. The number of nitrogens with one attached hydrogen (secondary N) is 2. The summed E-state index contributed by atoms with van der Waals surface area (Å²) < 4.78 is 48.4. The van der Waals surface area contributed by atoms with Crippen molar-refractivity contribution in [3.63, 3.8) is 0 Å². The van der Waals surface area contributed by atoms with Gasteiger partial charge in [0.15, 0.2) is 11.6 Å². The Morgan fingerprint density at radius 2 is 1.86 bits per heavy atom. The summed E-state index contributed by atoms with van der Waals surface area (Å²) in [6.45, 7) is 9.43. The molecule has 11 heteroatoms. The molecule has 3 heterocycles. The molecular formula is C31H33F3N6O2. The molecule has 0 aliphatic carbocycles. The van der Waals surface area contributed by atoms with Crippen LogP contribution in [0.4, 0.5) is 30.2 Å². The van der Waals surface area contributed by atoms with E-state index in [1.54, 1.807) is 34.7 Å². The summed E-state index contributed by atoms with van der Waals surface area (Å²) in [5, 5.41) is 22.8. The van der Waals surface area contributed by atoms with Gasteiger partial charge in [-0.1, -0.05) is 24.8 Å². The van der Waals surface area contributed by atoms with Gasteiger partial charge in [0.25, 0.3) is 0 Å². The van der Waals surface area contributed by atoms with Gasteiger partial charge in [-0.25, -0.2) is 13.2 Å². The quantitative estimate of drug-likeness (QED) is 0.363. The van der Waals surface area contributed by atoms with Crippen LogP contribution in [-0.4, -0.2) is 70.4 Å². The molecule has 3 aromatic rings. The van der Waals surface area contributed by atoms with E-state index in [1.165, 1.54) is 37.4 Å². The lowest BCUT2D eigenvalue weighted by Crippen LogP contribution is -2.62. The largest absolute Gasteiger partial charge is 0.387 e. The van der Waals surface area contributed by atoms with Crippen LogP contribution in [0.3, 0.4) is 0 Å². The molecule has 0 radical (unpaired) electrons. The third-order valence-electron chi connectivity index (χ3n) is 7.96. The number of likely N-dealkylation sites (N-methyl/N-ethyl adjacent to an activating group) is 1. The van der Waals surface area contributed by atoms with Crippen molar-refractivity contribution in [2.24, 2.45) is 0 Å². The molecule has 220 valence electrons. The fourth-order valence-corrected chi connectivity index (χ4v) is 6.05. The lowest BCUT2D eigenvalue weighted by molar-refractivity contribution is -0.129. The van der Waals surface area contributed by atoms with Crippen LogP contribution >= 0.6 is 0 Å². The first kappa shape index (κ1) is 29.1. The molecule has 8 nitrogen and oxygen atoms in total. The van der Waals surface area contributed by atoms with Crippen LogP contribution in [0.1, 0.15) is 36.8 Å². The fourth-order valence-electron chi connectivity index (χ4n) is 6.05. The second-order valence-electron chi connectivity index (χ2n) is 10.9. The van der Waals surface area contributed by atoms with Crippen molar-refractivity contribution in [2.75, 3.05) is 36.9 Å². The third kappa shape index (κ3) is 4.77. The molecule has 2 aliphatic heterocycles. The number of pyridine rings is 1. The SMILES string of the molecule is C=CC(=O)N1CC(C)N2C(=N)c3c(Nc4c(C)ccnc4C(C)O)c(F)c(-c4ccccc4F)c(F)c3N(C)CC2C1. The van der Waals surface area contributed by atoms with Crippen molar-refractivity contribution in [3.05, 3.63) is 83.5 Å². The van der Waals surface area contributed by atoms with Gasteiger partial charge in [-0.2, -0.15) is 0 Å². The molecule has 1 fully saturated rings. The Hall–Kier alpha value is -4.38. The summed E-state index contributed by atoms with van der Waals surface area (Å²) in [6, 6.07) is 6.24. The van der Waals surface area contributed by atoms with Crippen molar-refractivity contribution < 1.29 is 23.1 Å². The number of carbonyl (C=O) groups excluding carboxylic acids is 1. The topological polar surface area (TPSA) is 95.8 Å². The van der Waals surface area contributed by atoms with E-state index in [0.717, 1.165) is 6.07 Å². The van der Waals surface area contributed by atoms with Crippen LogP contribution in [-0.2, 0) is 4.79 Å². The molecule has 3 N–H and O–H groups in total. The number of fused-ring (bicyclic) bond motifs is 2. The molecule has 1 saturated heterocycles. The number of piperazine rings is 1. The second-order valence-corrected chi connectivity index (χ2v) is 10.9. The molecule has 0 bridgehead atoms. The number of benzene rings is 2. The number of aliphatic hydroxyl groups excluding tert-OH is 1. The van der Waals surface area contributed by atoms with E-state index < -0.39 is 35.2 Å². The molecule has 1 amide bonds. The van der Waals surface area contributed by atoms with Gasteiger partial charge in [0.05, 0.1) is 46.0 Å². The monoisotopic (exact) mass is 578 g/mol. The van der Waals surface area contributed by atoms with Gasteiger partial charge in [-0.3, -0.25) is 15.2 Å². The Bertz CT molecular complexity index is 1590. The van der Waals surface area contributed by atoms with Gasteiger partial charge < -0.3 is 25.1 Å². The zero-order valence-corrected chi connectivity index (χ0v) is 23.9. The summed E-state index contributed by atoms with van der Waals surface area (Å²) in [5.74, 6) is -3.29. The van der Waals surface area contributed by atoms with Gasteiger partial charge in [0.2, 0.25) is 5.91 Å². The predicted octanol–water partition coefficient (Wildman–Crippen LogP) is 5.13. The molecule has 2 aromatic carbocycles. The van der Waals surface area contributed by atoms with E-state index in [2.05, 4.69) is 16.9 Å². The highest BCUT2D eigenvalue weighted by Crippen LogP contribution is 2.45. The average molecular weight is 579 g/mol. The number of amides is 1. The first-order valence-electron chi connectivity index (χ1n) is 13.7. The normalized spacial score (nSPS) is 19.1. The second kappa shape index (κ2) is 11.1. The van der Waals surface area contributed by atoms with Gasteiger partial charge in [0, 0.05) is 44.5 Å². The van der Waals surface area contributed by atoms with Crippen LogP contribution in [0.25, 0.3) is 11.1 Å². The van der Waals surface area contributed by atoms with Crippen molar-refractivity contribution in [1.29, 1.82) is 5.41 Å². The van der Waals surface area contributed by atoms with E-state index in [0.29, 0.717) is 11.3 Å². The standard InChI is InChI=1S/C31H33F3N6O2/c1-6-22(42)39-13-17(3)40-19(15-39)14-38(5)30-24(31(40)35)29(37-27-16(2)11-12-36-28(27)18(4)41)25(33)23(26(30)34)20-9-7-8-10-21(20)32/h6-12,17-19,35,37,41H,1,13-15H2,2-5H3. The summed E-state index contributed by atoms with van der Waals surface area (Å²) >= 11 is 0. The van der Waals surface area contributed by atoms with Crippen molar-refractivity contribution in [1.82, 2.24) is 14.8 Å². The fraction of sp³-hybridized carbons (Fsp3) is 0.323. The summed E-state index contributed by atoms with van der Waals surface area (Å²) in [4.78, 5) is 21.7. The Balaban J connectivity index is 1.79. The number of anilines is 3. The zero-order chi connectivity index (χ0) is 30.5. The summed E-state index contributed by atoms with van der Waals surface area (Å²) in [6.07, 6.45) is 1.72. The van der Waals surface area contributed by atoms with Crippen LogP contribution in [0, 0.1) is 29.8 Å². The van der Waals surface area contributed by atoms with Gasteiger partial charge in [0.1, 0.15) is 11.7 Å². The first-order valence-corrected chi connectivity index (χ1v) is 13.7. The number of amidine groups is 1. The molecule has 0 spiro atoms. The van der Waals surface area contributed by atoms with E-state index >= 15 is 13.2 Å². The minimum absolute atomic E-state index is 0.0507. The number of halogens is 3. The van der Waals surface area contributed by atoms with Gasteiger partial charge >= 0.3 is 0 Å². The molecule has 3 unspecified atom stereocenters. The van der Waals surface area contributed by atoms with E-state index in [-0.39, 0.29) is 65.6 Å². The van der Waals surface area contributed by atoms with E-state index in [1.807, 2.05) is 6.92 Å². The number of aryl methyl sites for hydroxylation is 1. The lowest BCUT2D eigenvalue weighted by Gasteiger charge is -2.46. The van der Waals surface area contributed by atoms with Crippen LogP contribution in [0.15, 0.2) is 49.2 Å². The maximum absolute atomic E-state index is 16.8. The smallest absolute Gasteiger partial charge is 0.246 e. The predicted molar refractivity (Wildman–Crippen MR) is 157 cm³/mol. The van der Waals surface area contributed by atoms with Crippen LogP contribution < -0.4 is 10.2 Å². The molecule has 5 rings (SSSR count).